The molecule has 0 fully saturated rings. The van der Waals surface area contributed by atoms with Gasteiger partial charge >= 0.3 is 0 Å². The summed E-state index contributed by atoms with van der Waals surface area (Å²) in [6, 6.07) is 11.8. The molecule has 0 aliphatic rings. The zero-order valence-electron chi connectivity index (χ0n) is 8.71. The van der Waals surface area contributed by atoms with E-state index in [0.29, 0.717) is 10.8 Å². The molecule has 0 spiro atoms. The Morgan fingerprint density at radius 1 is 1.06 bits per heavy atom. The highest BCUT2D eigenvalue weighted by molar-refractivity contribution is 6.32. The fourth-order valence-electron chi connectivity index (χ4n) is 1.51. The number of ether oxygens (including phenoxy) is 1. The van der Waals surface area contributed by atoms with Gasteiger partial charge in [-0.3, -0.25) is 0 Å². The van der Waals surface area contributed by atoms with Gasteiger partial charge in [-0.1, -0.05) is 29.8 Å². The van der Waals surface area contributed by atoms with Crippen molar-refractivity contribution in [1.29, 1.82) is 0 Å². The molecule has 0 aliphatic heterocycles. The molecule has 0 atom stereocenters. The number of halogens is 2. The summed E-state index contributed by atoms with van der Waals surface area (Å²) in [5.41, 5.74) is 1.66. The van der Waals surface area contributed by atoms with Crippen molar-refractivity contribution >= 4 is 11.6 Å². The van der Waals surface area contributed by atoms with Crippen LogP contribution >= 0.6 is 11.6 Å². The summed E-state index contributed by atoms with van der Waals surface area (Å²) in [6.07, 6.45) is 0. The summed E-state index contributed by atoms with van der Waals surface area (Å²) < 4.78 is 18.1. The van der Waals surface area contributed by atoms with Gasteiger partial charge in [-0.25, -0.2) is 4.39 Å². The van der Waals surface area contributed by atoms with E-state index in [0.717, 1.165) is 11.1 Å². The Morgan fingerprint density at radius 3 is 2.44 bits per heavy atom. The highest BCUT2D eigenvalue weighted by Gasteiger charge is 2.04. The number of rotatable bonds is 2. The van der Waals surface area contributed by atoms with Crippen LogP contribution in [0.2, 0.25) is 5.02 Å². The van der Waals surface area contributed by atoms with Crippen molar-refractivity contribution in [3.05, 3.63) is 53.3 Å². The van der Waals surface area contributed by atoms with Crippen LogP contribution in [0.3, 0.4) is 0 Å². The molecule has 82 valence electrons. The quantitative estimate of drug-likeness (QED) is 0.761. The molecular weight excluding hydrogens is 227 g/mol. The van der Waals surface area contributed by atoms with Gasteiger partial charge in [0.1, 0.15) is 11.6 Å². The van der Waals surface area contributed by atoms with Gasteiger partial charge in [-0.2, -0.15) is 0 Å². The summed E-state index contributed by atoms with van der Waals surface area (Å²) in [4.78, 5) is 0. The van der Waals surface area contributed by atoms with Crippen LogP contribution < -0.4 is 4.74 Å². The minimum absolute atomic E-state index is 0.260. The molecule has 2 aromatic rings. The van der Waals surface area contributed by atoms with Crippen molar-refractivity contribution in [2.24, 2.45) is 0 Å². The van der Waals surface area contributed by atoms with Gasteiger partial charge in [0, 0.05) is 0 Å². The molecular formula is C13H10ClFO. The Bertz CT molecular complexity index is 511. The topological polar surface area (TPSA) is 9.23 Å². The number of benzene rings is 2. The molecule has 0 radical (unpaired) electrons. The average molecular weight is 237 g/mol. The molecule has 1 nitrogen and oxygen atoms in total. The fourth-order valence-corrected chi connectivity index (χ4v) is 1.77. The lowest BCUT2D eigenvalue weighted by atomic mass is 10.1. The smallest absolute Gasteiger partial charge is 0.137 e. The van der Waals surface area contributed by atoms with Crippen molar-refractivity contribution < 1.29 is 9.13 Å². The lowest BCUT2D eigenvalue weighted by Gasteiger charge is -2.06. The van der Waals surface area contributed by atoms with Crippen molar-refractivity contribution in [3.8, 4) is 16.9 Å². The maximum atomic E-state index is 13.0. The molecule has 0 aromatic heterocycles. The lowest BCUT2D eigenvalue weighted by Crippen LogP contribution is -1.85. The predicted octanol–water partition coefficient (Wildman–Crippen LogP) is 4.15. The number of hydrogen-bond acceptors (Lipinski definition) is 1. The third-order valence-electron chi connectivity index (χ3n) is 2.31. The van der Waals surface area contributed by atoms with E-state index < -0.39 is 0 Å². The second kappa shape index (κ2) is 4.54. The van der Waals surface area contributed by atoms with Crippen molar-refractivity contribution in [2.45, 2.75) is 0 Å². The van der Waals surface area contributed by atoms with E-state index in [9.17, 15) is 4.39 Å². The van der Waals surface area contributed by atoms with Crippen LogP contribution in [0.5, 0.6) is 5.75 Å². The third-order valence-corrected chi connectivity index (χ3v) is 2.61. The molecule has 0 bridgehead atoms. The summed E-state index contributed by atoms with van der Waals surface area (Å²) >= 11 is 6.00. The molecule has 16 heavy (non-hydrogen) atoms. The third kappa shape index (κ3) is 2.17. The van der Waals surface area contributed by atoms with E-state index >= 15 is 0 Å². The first-order valence-corrected chi connectivity index (χ1v) is 5.18. The summed E-state index contributed by atoms with van der Waals surface area (Å²) in [5.74, 6) is 0.353. The standard InChI is InChI=1S/C13H10ClFO/c1-16-13-6-5-10(8-12(13)14)9-3-2-4-11(15)7-9/h2-8H,1H3. The zero-order valence-corrected chi connectivity index (χ0v) is 9.46. The van der Waals surface area contributed by atoms with Crippen molar-refractivity contribution in [2.75, 3.05) is 7.11 Å². The molecule has 2 aromatic carbocycles. The van der Waals surface area contributed by atoms with E-state index in [2.05, 4.69) is 0 Å². The SMILES string of the molecule is COc1ccc(-c2cccc(F)c2)cc1Cl. The van der Waals surface area contributed by atoms with Gasteiger partial charge in [0.15, 0.2) is 0 Å². The van der Waals surface area contributed by atoms with Gasteiger partial charge < -0.3 is 4.74 Å². The highest BCUT2D eigenvalue weighted by Crippen LogP contribution is 2.30. The summed E-state index contributed by atoms with van der Waals surface area (Å²) in [5, 5.41) is 0.518. The van der Waals surface area contributed by atoms with E-state index in [1.54, 1.807) is 25.3 Å². The number of methoxy groups -OCH3 is 1. The number of hydrogen-bond donors (Lipinski definition) is 0. The molecule has 0 saturated carbocycles. The Morgan fingerprint density at radius 2 is 1.81 bits per heavy atom. The van der Waals surface area contributed by atoms with Crippen molar-refractivity contribution in [1.82, 2.24) is 0 Å². The second-order valence-electron chi connectivity index (χ2n) is 3.36. The summed E-state index contributed by atoms with van der Waals surface area (Å²) in [7, 11) is 1.56. The van der Waals surface area contributed by atoms with E-state index in [1.165, 1.54) is 12.1 Å². The molecule has 0 heterocycles. The normalized spacial score (nSPS) is 10.2. The van der Waals surface area contributed by atoms with Crippen LogP contribution in [0.1, 0.15) is 0 Å². The molecule has 0 N–H and O–H groups in total. The maximum absolute atomic E-state index is 13.0. The van der Waals surface area contributed by atoms with E-state index in [4.69, 9.17) is 16.3 Å². The van der Waals surface area contributed by atoms with Gasteiger partial charge in [0.2, 0.25) is 0 Å². The predicted molar refractivity (Wildman–Crippen MR) is 63.4 cm³/mol. The van der Waals surface area contributed by atoms with Crippen molar-refractivity contribution in [3.63, 3.8) is 0 Å². The Labute approximate surface area is 98.4 Å². The van der Waals surface area contributed by atoms with Crippen LogP contribution in [-0.2, 0) is 0 Å². The van der Waals surface area contributed by atoms with Crippen LogP contribution in [0.4, 0.5) is 4.39 Å². The Hall–Kier alpha value is -1.54. The molecule has 0 aliphatic carbocycles. The van der Waals surface area contributed by atoms with Gasteiger partial charge in [0.05, 0.1) is 12.1 Å². The van der Waals surface area contributed by atoms with Gasteiger partial charge in [-0.15, -0.1) is 0 Å². The van der Waals surface area contributed by atoms with Crippen LogP contribution in [0.15, 0.2) is 42.5 Å². The first kappa shape index (κ1) is 11.0. The Kier molecular flexibility index (Phi) is 3.11. The lowest BCUT2D eigenvalue weighted by molar-refractivity contribution is 0.415. The largest absolute Gasteiger partial charge is 0.495 e. The van der Waals surface area contributed by atoms with Gasteiger partial charge in [-0.05, 0) is 35.4 Å². The minimum atomic E-state index is -0.260. The van der Waals surface area contributed by atoms with Crippen LogP contribution in [0.25, 0.3) is 11.1 Å². The second-order valence-corrected chi connectivity index (χ2v) is 3.77. The first-order chi connectivity index (χ1) is 7.70. The maximum Gasteiger partial charge on any atom is 0.137 e. The van der Waals surface area contributed by atoms with Crippen LogP contribution in [0, 0.1) is 5.82 Å². The minimum Gasteiger partial charge on any atom is -0.495 e. The molecule has 0 unspecified atom stereocenters. The Balaban J connectivity index is 2.45. The monoisotopic (exact) mass is 236 g/mol. The highest BCUT2D eigenvalue weighted by atomic mass is 35.5. The molecule has 2 rings (SSSR count). The average Bonchev–Trinajstić information content (AvgIpc) is 2.29. The summed E-state index contributed by atoms with van der Waals surface area (Å²) in [6.45, 7) is 0. The first-order valence-electron chi connectivity index (χ1n) is 4.80. The van der Waals surface area contributed by atoms with Gasteiger partial charge in [0.25, 0.3) is 0 Å². The zero-order chi connectivity index (χ0) is 11.5. The molecule has 3 heteroatoms. The fraction of sp³-hybridized carbons (Fsp3) is 0.0769. The molecule has 0 amide bonds. The van der Waals surface area contributed by atoms with E-state index in [-0.39, 0.29) is 5.82 Å². The van der Waals surface area contributed by atoms with Crippen LogP contribution in [-0.4, -0.2) is 7.11 Å². The van der Waals surface area contributed by atoms with E-state index in [1.807, 2.05) is 12.1 Å². The molecule has 0 saturated heterocycles.